The van der Waals surface area contributed by atoms with E-state index in [-0.39, 0.29) is 0 Å². The van der Waals surface area contributed by atoms with Gasteiger partial charge < -0.3 is 15.0 Å². The van der Waals surface area contributed by atoms with Crippen LogP contribution in [0.3, 0.4) is 0 Å². The van der Waals surface area contributed by atoms with Gasteiger partial charge in [0.05, 0.1) is 11.0 Å². The molecule has 0 amide bonds. The lowest BCUT2D eigenvalue weighted by Crippen LogP contribution is -2.51. The van der Waals surface area contributed by atoms with Gasteiger partial charge in [0.25, 0.3) is 0 Å². The molecule has 0 fully saturated rings. The first kappa shape index (κ1) is 13.5. The first-order valence-electron chi connectivity index (χ1n) is 5.75. The highest BCUT2D eigenvalue weighted by atomic mass is 16.4. The predicted octanol–water partition coefficient (Wildman–Crippen LogP) is 2.20. The highest BCUT2D eigenvalue weighted by Gasteiger charge is 2.44. The van der Waals surface area contributed by atoms with E-state index in [0.29, 0.717) is 5.95 Å². The number of anilines is 1. The zero-order valence-electron chi connectivity index (χ0n) is 11.1. The van der Waals surface area contributed by atoms with Crippen LogP contribution in [-0.2, 0) is 11.3 Å². The molecule has 0 radical (unpaired) electrons. The van der Waals surface area contributed by atoms with Gasteiger partial charge in [0.15, 0.2) is 0 Å². The van der Waals surface area contributed by atoms with Gasteiger partial charge in [-0.3, -0.25) is 4.79 Å². The van der Waals surface area contributed by atoms with Crippen molar-refractivity contribution in [3.63, 3.8) is 0 Å². The van der Waals surface area contributed by atoms with Gasteiger partial charge in [-0.25, -0.2) is 4.98 Å². The fraction of sp³-hybridized carbons (Fsp3) is 0.667. The number of rotatable bonds is 5. The summed E-state index contributed by atoms with van der Waals surface area (Å²) in [4.78, 5) is 15.5. The molecule has 1 aromatic rings. The SMILES string of the molecule is CCn1ccnc1NC(C)(C)C(C)(C)C(=O)O. The molecular formula is C12H21N3O2. The minimum atomic E-state index is -0.891. The quantitative estimate of drug-likeness (QED) is 0.826. The summed E-state index contributed by atoms with van der Waals surface area (Å²) >= 11 is 0. The van der Waals surface area contributed by atoms with E-state index in [1.54, 1.807) is 20.0 Å². The number of imidazole rings is 1. The summed E-state index contributed by atoms with van der Waals surface area (Å²) in [7, 11) is 0. The normalized spacial score (nSPS) is 12.5. The smallest absolute Gasteiger partial charge is 0.311 e. The Labute approximate surface area is 102 Å². The van der Waals surface area contributed by atoms with Crippen molar-refractivity contribution in [3.8, 4) is 0 Å². The molecule has 17 heavy (non-hydrogen) atoms. The van der Waals surface area contributed by atoms with Gasteiger partial charge in [-0.1, -0.05) is 0 Å². The van der Waals surface area contributed by atoms with Crippen molar-refractivity contribution in [1.29, 1.82) is 0 Å². The van der Waals surface area contributed by atoms with E-state index < -0.39 is 16.9 Å². The molecule has 0 saturated carbocycles. The van der Waals surface area contributed by atoms with Crippen LogP contribution >= 0.6 is 0 Å². The summed E-state index contributed by atoms with van der Waals surface area (Å²) in [5, 5.41) is 12.5. The maximum absolute atomic E-state index is 11.3. The summed E-state index contributed by atoms with van der Waals surface area (Å²) in [6.07, 6.45) is 3.57. The number of hydrogen-bond acceptors (Lipinski definition) is 3. The van der Waals surface area contributed by atoms with Gasteiger partial charge in [-0.05, 0) is 34.6 Å². The number of carboxylic acid groups (broad SMARTS) is 1. The van der Waals surface area contributed by atoms with Crippen LogP contribution in [0, 0.1) is 5.41 Å². The molecule has 1 heterocycles. The topological polar surface area (TPSA) is 67.2 Å². The van der Waals surface area contributed by atoms with E-state index in [0.717, 1.165) is 6.54 Å². The Morgan fingerprint density at radius 3 is 2.53 bits per heavy atom. The fourth-order valence-corrected chi connectivity index (χ4v) is 1.39. The number of carboxylic acids is 1. The summed E-state index contributed by atoms with van der Waals surface area (Å²) in [5.41, 5.74) is -1.49. The zero-order chi connectivity index (χ0) is 13.3. The van der Waals surface area contributed by atoms with Crippen molar-refractivity contribution < 1.29 is 9.90 Å². The van der Waals surface area contributed by atoms with Gasteiger partial charge >= 0.3 is 5.97 Å². The van der Waals surface area contributed by atoms with Crippen molar-refractivity contribution in [2.24, 2.45) is 5.41 Å². The Kier molecular flexibility index (Phi) is 3.50. The molecule has 0 saturated heterocycles. The molecule has 1 rings (SSSR count). The van der Waals surface area contributed by atoms with Crippen LogP contribution in [-0.4, -0.2) is 26.2 Å². The van der Waals surface area contributed by atoms with Gasteiger partial charge in [0.1, 0.15) is 0 Å². The first-order valence-corrected chi connectivity index (χ1v) is 5.75. The molecule has 5 nitrogen and oxygen atoms in total. The molecule has 0 bridgehead atoms. The van der Waals surface area contributed by atoms with Crippen molar-refractivity contribution >= 4 is 11.9 Å². The number of hydrogen-bond donors (Lipinski definition) is 2. The Bertz CT molecular complexity index is 408. The number of aryl methyl sites for hydroxylation is 1. The molecule has 0 atom stereocenters. The lowest BCUT2D eigenvalue weighted by Gasteiger charge is -2.39. The van der Waals surface area contributed by atoms with Crippen molar-refractivity contribution in [2.75, 3.05) is 5.32 Å². The average Bonchev–Trinajstić information content (AvgIpc) is 2.63. The Morgan fingerprint density at radius 2 is 2.06 bits per heavy atom. The molecule has 2 N–H and O–H groups in total. The third-order valence-electron chi connectivity index (χ3n) is 3.58. The molecule has 0 unspecified atom stereocenters. The van der Waals surface area contributed by atoms with Gasteiger partial charge in [0.2, 0.25) is 5.95 Å². The maximum atomic E-state index is 11.3. The molecule has 1 aromatic heterocycles. The summed E-state index contributed by atoms with van der Waals surface area (Å²) in [5.74, 6) is -0.128. The minimum Gasteiger partial charge on any atom is -0.481 e. The standard InChI is InChI=1S/C12H21N3O2/c1-6-15-8-7-13-10(15)14-12(4,5)11(2,3)9(16)17/h7-8H,6H2,1-5H3,(H,13,14)(H,16,17). The minimum absolute atomic E-state index is 0.600. The molecular weight excluding hydrogens is 218 g/mol. The van der Waals surface area contributed by atoms with Crippen LogP contribution in [0.2, 0.25) is 0 Å². The van der Waals surface area contributed by atoms with Crippen LogP contribution < -0.4 is 5.32 Å². The number of aromatic nitrogens is 2. The highest BCUT2D eigenvalue weighted by Crippen LogP contribution is 2.33. The Morgan fingerprint density at radius 1 is 1.47 bits per heavy atom. The van der Waals surface area contributed by atoms with Gasteiger partial charge in [-0.2, -0.15) is 0 Å². The molecule has 0 aliphatic carbocycles. The second-order valence-electron chi connectivity index (χ2n) is 5.22. The Hall–Kier alpha value is -1.52. The predicted molar refractivity (Wildman–Crippen MR) is 67.0 cm³/mol. The van der Waals surface area contributed by atoms with E-state index in [1.807, 2.05) is 31.5 Å². The molecule has 96 valence electrons. The lowest BCUT2D eigenvalue weighted by atomic mass is 9.74. The van der Waals surface area contributed by atoms with Crippen LogP contribution in [0.5, 0.6) is 0 Å². The van der Waals surface area contributed by atoms with E-state index in [2.05, 4.69) is 10.3 Å². The van der Waals surface area contributed by atoms with Crippen LogP contribution in [0.4, 0.5) is 5.95 Å². The van der Waals surface area contributed by atoms with E-state index in [4.69, 9.17) is 0 Å². The third kappa shape index (κ3) is 2.43. The largest absolute Gasteiger partial charge is 0.481 e. The second-order valence-corrected chi connectivity index (χ2v) is 5.22. The monoisotopic (exact) mass is 239 g/mol. The molecule has 0 spiro atoms. The van der Waals surface area contributed by atoms with Crippen molar-refractivity contribution in [1.82, 2.24) is 9.55 Å². The zero-order valence-corrected chi connectivity index (χ0v) is 11.1. The van der Waals surface area contributed by atoms with Gasteiger partial charge in [0, 0.05) is 18.9 Å². The fourth-order valence-electron chi connectivity index (χ4n) is 1.39. The number of nitrogens with zero attached hydrogens (tertiary/aromatic N) is 2. The first-order chi connectivity index (χ1) is 7.72. The summed E-state index contributed by atoms with van der Waals surface area (Å²) < 4.78 is 1.94. The second kappa shape index (κ2) is 4.39. The van der Waals surface area contributed by atoms with E-state index in [9.17, 15) is 9.90 Å². The summed E-state index contributed by atoms with van der Waals surface area (Å²) in [6.45, 7) is 9.98. The lowest BCUT2D eigenvalue weighted by molar-refractivity contribution is -0.149. The van der Waals surface area contributed by atoms with Crippen LogP contribution in [0.1, 0.15) is 34.6 Å². The number of aliphatic carboxylic acids is 1. The molecule has 0 aromatic carbocycles. The summed E-state index contributed by atoms with van der Waals surface area (Å²) in [6, 6.07) is 0. The number of carbonyl (C=O) groups is 1. The molecule has 5 heteroatoms. The third-order valence-corrected chi connectivity index (χ3v) is 3.58. The van der Waals surface area contributed by atoms with Crippen molar-refractivity contribution in [3.05, 3.63) is 12.4 Å². The van der Waals surface area contributed by atoms with E-state index in [1.165, 1.54) is 0 Å². The van der Waals surface area contributed by atoms with E-state index >= 15 is 0 Å². The van der Waals surface area contributed by atoms with Crippen LogP contribution in [0.25, 0.3) is 0 Å². The van der Waals surface area contributed by atoms with Crippen molar-refractivity contribution in [2.45, 2.75) is 46.7 Å². The molecule has 0 aliphatic heterocycles. The van der Waals surface area contributed by atoms with Gasteiger partial charge in [-0.15, -0.1) is 0 Å². The highest BCUT2D eigenvalue weighted by molar-refractivity contribution is 5.76. The maximum Gasteiger partial charge on any atom is 0.311 e. The Balaban J connectivity index is 2.97. The molecule has 0 aliphatic rings. The average molecular weight is 239 g/mol. The van der Waals surface area contributed by atoms with Crippen LogP contribution in [0.15, 0.2) is 12.4 Å². The number of nitrogens with one attached hydrogen (secondary N) is 1.